The van der Waals surface area contributed by atoms with Crippen molar-refractivity contribution in [2.75, 3.05) is 230 Å². The van der Waals surface area contributed by atoms with Gasteiger partial charge in [0.25, 0.3) is 17.7 Å². The molecule has 9 aliphatic rings. The first-order valence-corrected chi connectivity index (χ1v) is 46.3. The summed E-state index contributed by atoms with van der Waals surface area (Å²) in [7, 11) is 4.20. The minimum atomic E-state index is -0.711. The van der Waals surface area contributed by atoms with Crippen LogP contribution < -0.4 is 68.7 Å². The van der Waals surface area contributed by atoms with Gasteiger partial charge in [0, 0.05) is 270 Å². The summed E-state index contributed by atoms with van der Waals surface area (Å²) >= 11 is 0. The molecule has 128 heavy (non-hydrogen) atoms. The van der Waals surface area contributed by atoms with Crippen molar-refractivity contribution in [2.45, 2.75) is 113 Å². The van der Waals surface area contributed by atoms with Gasteiger partial charge in [-0.2, -0.15) is 0 Å². The summed E-state index contributed by atoms with van der Waals surface area (Å²) in [5.41, 5.74) is 23.2. The van der Waals surface area contributed by atoms with Gasteiger partial charge in [0.15, 0.2) is 52.0 Å². The van der Waals surface area contributed by atoms with Gasteiger partial charge in [0.2, 0.25) is 0 Å². The quantitative estimate of drug-likeness (QED) is 0.0207. The number of benzene rings is 5. The molecule has 0 unspecified atom stereocenters. The molecule has 3 amide bonds. The molecule has 18 rings (SSSR count). The summed E-state index contributed by atoms with van der Waals surface area (Å²) in [6.07, 6.45) is 15.4. The molecule has 33 nitrogen and oxygen atoms in total. The van der Waals surface area contributed by atoms with Crippen molar-refractivity contribution in [3.8, 4) is 39.5 Å². The average Bonchev–Trinajstić information content (AvgIpc) is 0.928. The van der Waals surface area contributed by atoms with Gasteiger partial charge in [-0.3, -0.25) is 38.9 Å². The minimum Gasteiger partial charge on any atom is -0.508 e. The Morgan fingerprint density at radius 3 is 1.18 bits per heavy atom. The van der Waals surface area contributed by atoms with Gasteiger partial charge in [-0.05, 0) is 193 Å². The largest absolute Gasteiger partial charge is 0.508 e. The molecule has 9 aromatic rings. The van der Waals surface area contributed by atoms with Crippen LogP contribution in [-0.2, 0) is 21.3 Å². The van der Waals surface area contributed by atoms with Crippen molar-refractivity contribution in [1.82, 2.24) is 69.2 Å². The van der Waals surface area contributed by atoms with Gasteiger partial charge in [-0.15, -0.1) is 0 Å². The second kappa shape index (κ2) is 40.8. The standard InChI is InChI=1S/C95H124N26O7/c1-112-43-49-119(50-44-112)75-24-37-116(38-25-75)72-17-11-67(12-18-72)101-93-85(88(97)124)108-83(91(111-93)105-71-34-59-128-60-35-71)79-5-3-4-6-80(79)98-62-114-45-51-120(52-46-114)76-26-39-118(40-27-76)74-19-13-68(14-20-74)102-94-86(107-82(65-23-36-113(2)61-65)90(110-94)104-70-32-57-127-58-33-70)95(125)99-63-115-47-53-121(54-48-115)77-28-41-117(42-29-77)73-15-9-66(10-16-73)100-92-84(87(96)123)106-81(64-7-21-78(122)22-8-64)89(109-92)103-69-30-55-126-56-31-69/h3-23,36,61,69-71,75-77,98,122H,24-35,37-60,62-63H2,1-2H3,(H2,96,123)(H2,97,124)(H,99,125)(H2,100,103,109)(H2,101,105,111)(H2,102,104,110). The maximum atomic E-state index is 14.9. The minimum absolute atomic E-state index is 0.0111. The van der Waals surface area contributed by atoms with Crippen molar-refractivity contribution < 1.29 is 33.7 Å². The van der Waals surface area contributed by atoms with Crippen LogP contribution in [0.5, 0.6) is 5.75 Å². The van der Waals surface area contributed by atoms with E-state index in [2.05, 4.69) is 160 Å². The summed E-state index contributed by atoms with van der Waals surface area (Å²) in [6.45, 7) is 22.3. The molecule has 676 valence electrons. The summed E-state index contributed by atoms with van der Waals surface area (Å²) < 4.78 is 19.1. The Balaban J connectivity index is 0.470. The number of nitrogens with zero attached hydrogens (tertiary/aromatic N) is 16. The number of piperazine rings is 3. The zero-order valence-electron chi connectivity index (χ0n) is 73.8. The maximum absolute atomic E-state index is 14.9. The number of rotatable bonds is 29. The van der Waals surface area contributed by atoms with E-state index in [4.69, 9.17) is 55.6 Å². The highest BCUT2D eigenvalue weighted by atomic mass is 16.5. The van der Waals surface area contributed by atoms with Gasteiger partial charge in [0.05, 0.1) is 13.3 Å². The number of nitrogens with two attached hydrogens (primary N) is 2. The molecular formula is C95H124N26O7. The molecule has 13 N–H and O–H groups in total. The van der Waals surface area contributed by atoms with E-state index in [1.54, 1.807) is 24.3 Å². The summed E-state index contributed by atoms with van der Waals surface area (Å²) in [4.78, 5) is 94.3. The lowest BCUT2D eigenvalue weighted by Gasteiger charge is -2.43. The number of piperidine rings is 3. The number of para-hydroxylation sites is 1. The summed E-state index contributed by atoms with van der Waals surface area (Å²) in [5.74, 6) is 1.09. The van der Waals surface area contributed by atoms with Crippen molar-refractivity contribution in [3.63, 3.8) is 0 Å². The second-order valence-corrected chi connectivity index (χ2v) is 35.7. The third kappa shape index (κ3) is 21.4. The van der Waals surface area contributed by atoms with Crippen LogP contribution in [0.1, 0.15) is 109 Å². The van der Waals surface area contributed by atoms with Crippen LogP contribution in [0.4, 0.5) is 74.7 Å². The van der Waals surface area contributed by atoms with Gasteiger partial charge in [-0.1, -0.05) is 18.2 Å². The highest BCUT2D eigenvalue weighted by Gasteiger charge is 2.35. The van der Waals surface area contributed by atoms with Gasteiger partial charge < -0.3 is 97.5 Å². The van der Waals surface area contributed by atoms with Crippen LogP contribution in [0.15, 0.2) is 140 Å². The van der Waals surface area contributed by atoms with E-state index in [1.807, 2.05) is 60.4 Å². The fourth-order valence-corrected chi connectivity index (χ4v) is 19.5. The zero-order chi connectivity index (χ0) is 87.4. The summed E-state index contributed by atoms with van der Waals surface area (Å²) in [5, 5.41) is 38.5. The van der Waals surface area contributed by atoms with Gasteiger partial charge in [-0.25, -0.2) is 29.9 Å². The Labute approximate surface area is 749 Å². The molecule has 0 radical (unpaired) electrons. The number of nitrogens with one attached hydrogen (secondary N) is 8. The second-order valence-electron chi connectivity index (χ2n) is 35.7. The number of carbonyl (C=O) groups is 3. The third-order valence-corrected chi connectivity index (χ3v) is 27.2. The van der Waals surface area contributed by atoms with E-state index in [0.717, 1.165) is 240 Å². The maximum Gasteiger partial charge on any atom is 0.274 e. The fraction of sp³-hybridized carbons (Fsp3) is 0.484. The number of hydrogen-bond acceptors (Lipinski definition) is 29. The number of likely N-dealkylation sites (N-methyl/N-ethyl adjacent to an activating group) is 1. The number of amides is 3. The Morgan fingerprint density at radius 2 is 0.766 bits per heavy atom. The summed E-state index contributed by atoms with van der Waals surface area (Å²) in [6, 6.07) is 43.8. The van der Waals surface area contributed by atoms with E-state index < -0.39 is 11.8 Å². The normalized spacial score (nSPS) is 19.7. The first-order valence-electron chi connectivity index (χ1n) is 46.3. The fourth-order valence-electron chi connectivity index (χ4n) is 19.5. The van der Waals surface area contributed by atoms with Crippen LogP contribution in [0.25, 0.3) is 33.8 Å². The van der Waals surface area contributed by atoms with E-state index in [0.29, 0.717) is 123 Å². The lowest BCUT2D eigenvalue weighted by molar-refractivity contribution is 0.0729. The van der Waals surface area contributed by atoms with Crippen LogP contribution in [-0.4, -0.2) is 301 Å². The van der Waals surface area contributed by atoms with Gasteiger partial charge in [0.1, 0.15) is 22.8 Å². The highest BCUT2D eigenvalue weighted by molar-refractivity contribution is 6.00. The van der Waals surface area contributed by atoms with Crippen LogP contribution in [0, 0.1) is 0 Å². The van der Waals surface area contributed by atoms with E-state index in [9.17, 15) is 19.5 Å². The number of primary amides is 2. The number of aromatic hydroxyl groups is 1. The lowest BCUT2D eigenvalue weighted by Crippen LogP contribution is -2.54. The number of aryl methyl sites for hydroxylation is 1. The van der Waals surface area contributed by atoms with E-state index in [1.165, 1.54) is 5.69 Å². The Bertz CT molecular complexity index is 5220. The number of anilines is 13. The van der Waals surface area contributed by atoms with Gasteiger partial charge >= 0.3 is 0 Å². The molecule has 0 aliphatic carbocycles. The Kier molecular flexibility index (Phi) is 27.8. The molecule has 4 aromatic heterocycles. The van der Waals surface area contributed by atoms with Crippen LogP contribution >= 0.6 is 0 Å². The van der Waals surface area contributed by atoms with E-state index >= 15 is 0 Å². The number of ether oxygens (including phenoxy) is 3. The van der Waals surface area contributed by atoms with Crippen LogP contribution in [0.2, 0.25) is 0 Å². The number of phenols is 1. The number of aromatic nitrogens is 7. The predicted octanol–water partition coefficient (Wildman–Crippen LogP) is 10.1. The Hall–Kier alpha value is -11.5. The highest BCUT2D eigenvalue weighted by Crippen LogP contribution is 2.40. The average molecular weight is 1740 g/mol. The topological polar surface area (TPSA) is 359 Å². The lowest BCUT2D eigenvalue weighted by atomic mass is 10.0. The number of hydrogen-bond donors (Lipinski definition) is 11. The number of carbonyl (C=O) groups excluding carboxylic acids is 3. The van der Waals surface area contributed by atoms with Crippen molar-refractivity contribution in [1.29, 1.82) is 0 Å². The van der Waals surface area contributed by atoms with Crippen molar-refractivity contribution >= 4 is 92.4 Å². The van der Waals surface area contributed by atoms with E-state index in [-0.39, 0.29) is 52.7 Å². The molecule has 9 saturated heterocycles. The molecule has 0 saturated carbocycles. The SMILES string of the molecule is CN1CCN(C2CCN(c3ccc(Nc4nc(NC5CCOCC5)c(-c5ccccc5NCN5CCN(C6CCN(c7ccc(Nc8nc(NC9CCOCC9)c(-c9ccn(C)c9)nc8C(=O)NCN8CCN(C9CCN(c%10ccc(Nc%11nc(NC%12CCOCC%12)c(-c%12ccc(O)cc%12)nc%11C(N)=O)cc%10)CC9)CC8)cc7)CC6)CC5)nc4C(N)=O)cc3)CC2)CC1. The van der Waals surface area contributed by atoms with Crippen molar-refractivity contribution in [2.24, 2.45) is 18.5 Å². The monoisotopic (exact) mass is 1740 g/mol. The Morgan fingerprint density at radius 1 is 0.391 bits per heavy atom. The molecule has 9 aliphatic heterocycles. The third-order valence-electron chi connectivity index (χ3n) is 27.2. The molecule has 5 aromatic carbocycles. The first kappa shape index (κ1) is 87.2. The smallest absolute Gasteiger partial charge is 0.274 e. The molecule has 13 heterocycles. The predicted molar refractivity (Wildman–Crippen MR) is 504 cm³/mol. The molecule has 0 spiro atoms. The molecular weight excluding hydrogens is 1620 g/mol. The molecule has 33 heteroatoms. The van der Waals surface area contributed by atoms with Crippen LogP contribution in [0.3, 0.4) is 0 Å². The molecule has 9 fully saturated rings. The first-order chi connectivity index (χ1) is 62.6. The number of phenolic OH excluding ortho intramolecular Hbond substituents is 1. The zero-order valence-corrected chi connectivity index (χ0v) is 73.8. The van der Waals surface area contributed by atoms with Crippen molar-refractivity contribution in [3.05, 3.63) is 157 Å². The molecule has 0 atom stereocenters. The molecule has 0 bridgehead atoms.